The maximum atomic E-state index is 12.4. The van der Waals surface area contributed by atoms with Crippen LogP contribution in [0.25, 0.3) is 0 Å². The first-order valence-electron chi connectivity index (χ1n) is 6.03. The Morgan fingerprint density at radius 3 is 2.70 bits per heavy atom. The fourth-order valence-electron chi connectivity index (χ4n) is 1.76. The number of nitrogens with zero attached hydrogens (tertiary/aromatic N) is 2. The molecule has 106 valence electrons. The number of rotatable bonds is 4. The fourth-order valence-corrected chi connectivity index (χ4v) is 3.41. The number of benzene rings is 1. The summed E-state index contributed by atoms with van der Waals surface area (Å²) in [5.41, 5.74) is 1.43. The molecule has 0 spiro atoms. The highest BCUT2D eigenvalue weighted by molar-refractivity contribution is 9.10. The maximum absolute atomic E-state index is 12.4. The quantitative estimate of drug-likeness (QED) is 0.914. The molecule has 20 heavy (non-hydrogen) atoms. The minimum atomic E-state index is -3.69. The summed E-state index contributed by atoms with van der Waals surface area (Å²) in [6.07, 6.45) is 2.13. The largest absolute Gasteiger partial charge is 0.264 e. The second-order valence-electron chi connectivity index (χ2n) is 4.23. The van der Waals surface area contributed by atoms with Crippen molar-refractivity contribution in [2.45, 2.75) is 25.2 Å². The summed E-state index contributed by atoms with van der Waals surface area (Å²) in [6, 6.07) is 6.77. The van der Waals surface area contributed by atoms with Crippen molar-refractivity contribution in [3.63, 3.8) is 0 Å². The summed E-state index contributed by atoms with van der Waals surface area (Å²) >= 11 is 3.34. The molecular formula is C13H14BrN3O2S. The SMILES string of the molecule is CCc1cc(Br)ccc1S(=O)(=O)Nc1nccc(C)n1. The molecule has 0 saturated carbocycles. The standard InChI is InChI=1S/C13H14BrN3O2S/c1-3-10-8-11(14)4-5-12(10)20(18,19)17-13-15-7-6-9(2)16-13/h4-8H,3H2,1-2H3,(H,15,16,17). The van der Waals surface area contributed by atoms with E-state index in [9.17, 15) is 8.42 Å². The Bertz CT molecular complexity index is 732. The van der Waals surface area contributed by atoms with Crippen molar-refractivity contribution in [1.82, 2.24) is 9.97 Å². The van der Waals surface area contributed by atoms with E-state index in [0.717, 1.165) is 10.0 Å². The molecule has 0 bridgehead atoms. The lowest BCUT2D eigenvalue weighted by atomic mass is 10.2. The smallest absolute Gasteiger partial charge is 0.247 e. The Morgan fingerprint density at radius 1 is 1.30 bits per heavy atom. The molecule has 5 nitrogen and oxygen atoms in total. The van der Waals surface area contributed by atoms with Gasteiger partial charge >= 0.3 is 0 Å². The van der Waals surface area contributed by atoms with E-state index in [1.54, 1.807) is 31.2 Å². The van der Waals surface area contributed by atoms with Crippen molar-refractivity contribution in [3.8, 4) is 0 Å². The predicted molar refractivity (Wildman–Crippen MR) is 81.1 cm³/mol. The first kappa shape index (κ1) is 14.9. The Balaban J connectivity index is 2.40. The summed E-state index contributed by atoms with van der Waals surface area (Å²) in [6.45, 7) is 3.68. The van der Waals surface area contributed by atoms with Gasteiger partial charge in [0.25, 0.3) is 10.0 Å². The van der Waals surface area contributed by atoms with Gasteiger partial charge in [-0.05, 0) is 43.2 Å². The van der Waals surface area contributed by atoms with Gasteiger partial charge in [-0.25, -0.2) is 23.1 Å². The highest BCUT2D eigenvalue weighted by Crippen LogP contribution is 2.22. The van der Waals surface area contributed by atoms with Crippen LogP contribution in [0.15, 0.2) is 39.8 Å². The summed E-state index contributed by atoms with van der Waals surface area (Å²) in [5, 5.41) is 0. The fraction of sp³-hybridized carbons (Fsp3) is 0.231. The molecule has 0 atom stereocenters. The lowest BCUT2D eigenvalue weighted by Gasteiger charge is -2.11. The van der Waals surface area contributed by atoms with Crippen LogP contribution < -0.4 is 4.72 Å². The zero-order chi connectivity index (χ0) is 14.8. The predicted octanol–water partition coefficient (Wildman–Crippen LogP) is 2.91. The molecule has 0 fully saturated rings. The molecule has 2 aromatic rings. The monoisotopic (exact) mass is 355 g/mol. The number of aryl methyl sites for hydroxylation is 2. The minimum absolute atomic E-state index is 0.0787. The van der Waals surface area contributed by atoms with Gasteiger partial charge in [0.15, 0.2) is 0 Å². The van der Waals surface area contributed by atoms with Crippen LogP contribution in [-0.2, 0) is 16.4 Å². The average Bonchev–Trinajstić information content (AvgIpc) is 2.37. The average molecular weight is 356 g/mol. The first-order chi connectivity index (χ1) is 9.42. The van der Waals surface area contributed by atoms with Gasteiger partial charge in [-0.3, -0.25) is 0 Å². The summed E-state index contributed by atoms with van der Waals surface area (Å²) < 4.78 is 28.0. The van der Waals surface area contributed by atoms with E-state index < -0.39 is 10.0 Å². The highest BCUT2D eigenvalue weighted by atomic mass is 79.9. The number of hydrogen-bond acceptors (Lipinski definition) is 4. The number of sulfonamides is 1. The highest BCUT2D eigenvalue weighted by Gasteiger charge is 2.19. The molecule has 1 heterocycles. The lowest BCUT2D eigenvalue weighted by Crippen LogP contribution is -2.16. The zero-order valence-corrected chi connectivity index (χ0v) is 13.5. The number of halogens is 1. The van der Waals surface area contributed by atoms with E-state index in [-0.39, 0.29) is 10.8 Å². The third kappa shape index (κ3) is 3.34. The van der Waals surface area contributed by atoms with Crippen LogP contribution in [0.4, 0.5) is 5.95 Å². The van der Waals surface area contributed by atoms with Gasteiger partial charge in [-0.2, -0.15) is 0 Å². The van der Waals surface area contributed by atoms with Crippen LogP contribution in [-0.4, -0.2) is 18.4 Å². The third-order valence-electron chi connectivity index (χ3n) is 2.71. The first-order valence-corrected chi connectivity index (χ1v) is 8.31. The molecule has 7 heteroatoms. The summed E-state index contributed by atoms with van der Waals surface area (Å²) in [7, 11) is -3.69. The summed E-state index contributed by atoms with van der Waals surface area (Å²) in [5.74, 6) is 0.0787. The van der Waals surface area contributed by atoms with E-state index in [2.05, 4.69) is 30.6 Å². The van der Waals surface area contributed by atoms with Crippen LogP contribution in [0, 0.1) is 6.92 Å². The van der Waals surface area contributed by atoms with E-state index in [0.29, 0.717) is 12.1 Å². The van der Waals surface area contributed by atoms with Gasteiger partial charge in [-0.1, -0.05) is 22.9 Å². The molecule has 1 aromatic carbocycles. The summed E-state index contributed by atoms with van der Waals surface area (Å²) in [4.78, 5) is 8.20. The molecule has 0 aliphatic heterocycles. The molecular weight excluding hydrogens is 342 g/mol. The van der Waals surface area contributed by atoms with Crippen LogP contribution in [0.5, 0.6) is 0 Å². The van der Waals surface area contributed by atoms with Crippen molar-refractivity contribution < 1.29 is 8.42 Å². The molecule has 0 aliphatic rings. The Hall–Kier alpha value is -1.47. The van der Waals surface area contributed by atoms with Gasteiger partial charge in [0.1, 0.15) is 0 Å². The molecule has 0 saturated heterocycles. The molecule has 1 N–H and O–H groups in total. The van der Waals surface area contributed by atoms with E-state index in [4.69, 9.17) is 0 Å². The normalized spacial score (nSPS) is 11.3. The topological polar surface area (TPSA) is 72.0 Å². The van der Waals surface area contributed by atoms with Crippen molar-refractivity contribution in [2.75, 3.05) is 4.72 Å². The molecule has 0 amide bonds. The molecule has 2 rings (SSSR count). The number of nitrogens with one attached hydrogen (secondary N) is 1. The molecule has 1 aromatic heterocycles. The molecule has 0 radical (unpaired) electrons. The van der Waals surface area contributed by atoms with Gasteiger partial charge < -0.3 is 0 Å². The van der Waals surface area contributed by atoms with E-state index >= 15 is 0 Å². The van der Waals surface area contributed by atoms with E-state index in [1.165, 1.54) is 6.20 Å². The minimum Gasteiger partial charge on any atom is -0.247 e. The third-order valence-corrected chi connectivity index (χ3v) is 4.64. The van der Waals surface area contributed by atoms with Crippen molar-refractivity contribution in [1.29, 1.82) is 0 Å². The maximum Gasteiger partial charge on any atom is 0.264 e. The Kier molecular flexibility index (Phi) is 4.39. The van der Waals surface area contributed by atoms with Crippen LogP contribution in [0.2, 0.25) is 0 Å². The van der Waals surface area contributed by atoms with Crippen molar-refractivity contribution in [3.05, 3.63) is 46.2 Å². The van der Waals surface area contributed by atoms with Gasteiger partial charge in [-0.15, -0.1) is 0 Å². The number of anilines is 1. The molecule has 0 unspecified atom stereocenters. The Labute approximate surface area is 126 Å². The number of hydrogen-bond donors (Lipinski definition) is 1. The molecule has 0 aliphatic carbocycles. The lowest BCUT2D eigenvalue weighted by molar-refractivity contribution is 0.599. The van der Waals surface area contributed by atoms with Crippen molar-refractivity contribution >= 4 is 31.9 Å². The second-order valence-corrected chi connectivity index (χ2v) is 6.80. The van der Waals surface area contributed by atoms with Crippen molar-refractivity contribution in [2.24, 2.45) is 0 Å². The van der Waals surface area contributed by atoms with E-state index in [1.807, 2.05) is 6.92 Å². The van der Waals surface area contributed by atoms with Crippen LogP contribution in [0.1, 0.15) is 18.2 Å². The van der Waals surface area contributed by atoms with Crippen LogP contribution in [0.3, 0.4) is 0 Å². The van der Waals surface area contributed by atoms with Crippen LogP contribution >= 0.6 is 15.9 Å². The van der Waals surface area contributed by atoms with Gasteiger partial charge in [0.05, 0.1) is 4.90 Å². The zero-order valence-electron chi connectivity index (χ0n) is 11.1. The van der Waals surface area contributed by atoms with Gasteiger partial charge in [0.2, 0.25) is 5.95 Å². The number of aromatic nitrogens is 2. The second kappa shape index (κ2) is 5.88. The van der Waals surface area contributed by atoms with Gasteiger partial charge in [0, 0.05) is 16.4 Å². The Morgan fingerprint density at radius 2 is 2.05 bits per heavy atom.